The minimum atomic E-state index is -0.388. The van der Waals surface area contributed by atoms with E-state index in [2.05, 4.69) is 9.88 Å². The molecule has 104 valence electrons. The summed E-state index contributed by atoms with van der Waals surface area (Å²) in [4.78, 5) is 18.9. The molecule has 0 amide bonds. The van der Waals surface area contributed by atoms with Crippen LogP contribution in [0.5, 0.6) is 0 Å². The largest absolute Gasteiger partial charge is 0.396 e. The third kappa shape index (κ3) is 3.39. The van der Waals surface area contributed by atoms with Crippen LogP contribution >= 0.6 is 0 Å². The van der Waals surface area contributed by atoms with Crippen molar-refractivity contribution in [3.8, 4) is 0 Å². The van der Waals surface area contributed by atoms with Gasteiger partial charge in [-0.3, -0.25) is 15.0 Å². The summed E-state index contributed by atoms with van der Waals surface area (Å²) in [6.45, 7) is 4.20. The number of hydrogen-bond donors (Lipinski definition) is 1. The molecule has 2 heterocycles. The van der Waals surface area contributed by atoms with Gasteiger partial charge in [0, 0.05) is 51.6 Å². The van der Waals surface area contributed by atoms with Crippen molar-refractivity contribution in [2.75, 3.05) is 44.2 Å². The molecule has 1 aliphatic rings. The van der Waals surface area contributed by atoms with Crippen molar-refractivity contribution in [1.29, 1.82) is 0 Å². The molecule has 19 heavy (non-hydrogen) atoms. The van der Waals surface area contributed by atoms with Gasteiger partial charge < -0.3 is 10.0 Å². The van der Waals surface area contributed by atoms with Crippen LogP contribution in [0.25, 0.3) is 0 Å². The average molecular weight is 266 g/mol. The second-order valence-electron chi connectivity index (χ2n) is 4.51. The van der Waals surface area contributed by atoms with E-state index in [1.165, 1.54) is 6.07 Å². The maximum absolute atomic E-state index is 11.0. The van der Waals surface area contributed by atoms with Crippen molar-refractivity contribution in [3.63, 3.8) is 0 Å². The van der Waals surface area contributed by atoms with Crippen molar-refractivity contribution < 1.29 is 10.0 Å². The third-order valence-corrected chi connectivity index (χ3v) is 3.27. The summed E-state index contributed by atoms with van der Waals surface area (Å²) < 4.78 is 0. The van der Waals surface area contributed by atoms with Crippen LogP contribution in [0.15, 0.2) is 18.3 Å². The Kier molecular flexibility index (Phi) is 4.64. The van der Waals surface area contributed by atoms with Crippen LogP contribution in [-0.4, -0.2) is 59.2 Å². The van der Waals surface area contributed by atoms with Crippen LogP contribution in [-0.2, 0) is 0 Å². The van der Waals surface area contributed by atoms with E-state index >= 15 is 0 Å². The molecular weight excluding hydrogens is 248 g/mol. The summed E-state index contributed by atoms with van der Waals surface area (Å²) in [6.07, 6.45) is 2.35. The number of pyridine rings is 1. The standard InChI is InChI=1S/C12H18N4O3/c17-10-2-5-14-6-8-15(9-7-14)12-11(16(18)19)3-1-4-13-12/h1,3-4,17H,2,5-10H2. The van der Waals surface area contributed by atoms with Gasteiger partial charge in [0.05, 0.1) is 4.92 Å². The van der Waals surface area contributed by atoms with Crippen LogP contribution in [0.2, 0.25) is 0 Å². The fourth-order valence-electron chi connectivity index (χ4n) is 2.25. The molecule has 1 N–H and O–H groups in total. The van der Waals surface area contributed by atoms with E-state index in [4.69, 9.17) is 5.11 Å². The van der Waals surface area contributed by atoms with Gasteiger partial charge in [-0.1, -0.05) is 0 Å². The highest BCUT2D eigenvalue weighted by molar-refractivity contribution is 5.57. The number of piperazine rings is 1. The molecule has 0 saturated carbocycles. The summed E-state index contributed by atoms with van der Waals surface area (Å²) >= 11 is 0. The first-order valence-corrected chi connectivity index (χ1v) is 6.40. The first-order valence-electron chi connectivity index (χ1n) is 6.40. The second kappa shape index (κ2) is 6.44. The maximum atomic E-state index is 11.0. The molecule has 1 fully saturated rings. The Morgan fingerprint density at radius 3 is 2.74 bits per heavy atom. The maximum Gasteiger partial charge on any atom is 0.311 e. The zero-order valence-corrected chi connectivity index (χ0v) is 10.7. The van der Waals surface area contributed by atoms with Crippen molar-refractivity contribution in [3.05, 3.63) is 28.4 Å². The van der Waals surface area contributed by atoms with E-state index < -0.39 is 0 Å². The van der Waals surface area contributed by atoms with Gasteiger partial charge in [0.1, 0.15) is 0 Å². The van der Waals surface area contributed by atoms with E-state index in [0.29, 0.717) is 5.82 Å². The number of aliphatic hydroxyl groups is 1. The first-order chi connectivity index (χ1) is 9.22. The van der Waals surface area contributed by atoms with Gasteiger partial charge in [-0.25, -0.2) is 4.98 Å². The highest BCUT2D eigenvalue weighted by atomic mass is 16.6. The number of hydrogen-bond acceptors (Lipinski definition) is 6. The van der Waals surface area contributed by atoms with Crippen LogP contribution in [0, 0.1) is 10.1 Å². The lowest BCUT2D eigenvalue weighted by molar-refractivity contribution is -0.384. The Bertz CT molecular complexity index is 433. The number of nitrogens with zero attached hydrogens (tertiary/aromatic N) is 4. The smallest absolute Gasteiger partial charge is 0.311 e. The van der Waals surface area contributed by atoms with Gasteiger partial charge >= 0.3 is 5.69 Å². The van der Waals surface area contributed by atoms with E-state index in [1.807, 2.05) is 4.90 Å². The Balaban J connectivity index is 2.00. The first kappa shape index (κ1) is 13.7. The van der Waals surface area contributed by atoms with Gasteiger partial charge in [-0.2, -0.15) is 0 Å². The average Bonchev–Trinajstić information content (AvgIpc) is 2.45. The second-order valence-corrected chi connectivity index (χ2v) is 4.51. The molecule has 2 rings (SSSR count). The third-order valence-electron chi connectivity index (χ3n) is 3.27. The van der Waals surface area contributed by atoms with Crippen LogP contribution in [0.1, 0.15) is 6.42 Å². The molecule has 0 radical (unpaired) electrons. The molecule has 0 unspecified atom stereocenters. The predicted molar refractivity (Wildman–Crippen MR) is 71.2 cm³/mol. The van der Waals surface area contributed by atoms with Gasteiger partial charge in [0.25, 0.3) is 0 Å². The van der Waals surface area contributed by atoms with Crippen molar-refractivity contribution >= 4 is 11.5 Å². The van der Waals surface area contributed by atoms with Crippen molar-refractivity contribution in [1.82, 2.24) is 9.88 Å². The molecule has 1 aromatic heterocycles. The number of anilines is 1. The minimum Gasteiger partial charge on any atom is -0.396 e. The Morgan fingerprint density at radius 1 is 1.37 bits per heavy atom. The topological polar surface area (TPSA) is 82.7 Å². The Hall–Kier alpha value is -1.73. The molecular formula is C12H18N4O3. The summed E-state index contributed by atoms with van der Waals surface area (Å²) in [5, 5.41) is 19.8. The molecule has 1 saturated heterocycles. The van der Waals surface area contributed by atoms with Gasteiger partial charge in [-0.05, 0) is 12.5 Å². The lowest BCUT2D eigenvalue weighted by Crippen LogP contribution is -2.47. The minimum absolute atomic E-state index is 0.0614. The summed E-state index contributed by atoms with van der Waals surface area (Å²) in [6, 6.07) is 3.07. The molecule has 1 aromatic rings. The molecule has 0 aromatic carbocycles. The molecule has 0 aliphatic carbocycles. The van der Waals surface area contributed by atoms with Crippen molar-refractivity contribution in [2.24, 2.45) is 0 Å². The van der Waals surface area contributed by atoms with Crippen molar-refractivity contribution in [2.45, 2.75) is 6.42 Å². The zero-order chi connectivity index (χ0) is 13.7. The summed E-state index contributed by atoms with van der Waals surface area (Å²) in [5.41, 5.74) is 0.0614. The van der Waals surface area contributed by atoms with Gasteiger partial charge in [-0.15, -0.1) is 0 Å². The summed E-state index contributed by atoms with van der Waals surface area (Å²) in [5.74, 6) is 0.453. The summed E-state index contributed by atoms with van der Waals surface area (Å²) in [7, 11) is 0. The highest BCUT2D eigenvalue weighted by Gasteiger charge is 2.24. The lowest BCUT2D eigenvalue weighted by Gasteiger charge is -2.34. The predicted octanol–water partition coefficient (Wildman–Crippen LogP) is 0.494. The van der Waals surface area contributed by atoms with Crippen LogP contribution in [0.3, 0.4) is 0 Å². The molecule has 0 spiro atoms. The lowest BCUT2D eigenvalue weighted by atomic mass is 10.2. The molecule has 7 heteroatoms. The fourth-order valence-corrected chi connectivity index (χ4v) is 2.25. The zero-order valence-electron chi connectivity index (χ0n) is 10.7. The number of aliphatic hydroxyl groups excluding tert-OH is 1. The van der Waals surface area contributed by atoms with E-state index in [0.717, 1.165) is 39.1 Å². The van der Waals surface area contributed by atoms with Gasteiger partial charge in [0.2, 0.25) is 5.82 Å². The quantitative estimate of drug-likeness (QED) is 0.617. The Labute approximate surface area is 111 Å². The van der Waals surface area contributed by atoms with E-state index in [-0.39, 0.29) is 17.2 Å². The van der Waals surface area contributed by atoms with Crippen LogP contribution in [0.4, 0.5) is 11.5 Å². The van der Waals surface area contributed by atoms with E-state index in [9.17, 15) is 10.1 Å². The normalized spacial score (nSPS) is 16.6. The van der Waals surface area contributed by atoms with Crippen LogP contribution < -0.4 is 4.90 Å². The number of aromatic nitrogens is 1. The van der Waals surface area contributed by atoms with E-state index in [1.54, 1.807) is 12.3 Å². The number of rotatable bonds is 5. The number of nitro groups is 1. The Morgan fingerprint density at radius 2 is 2.11 bits per heavy atom. The molecule has 7 nitrogen and oxygen atoms in total. The van der Waals surface area contributed by atoms with Gasteiger partial charge in [0.15, 0.2) is 0 Å². The monoisotopic (exact) mass is 266 g/mol. The SMILES string of the molecule is O=[N+]([O-])c1cccnc1N1CCN(CCCO)CC1. The fraction of sp³-hybridized carbons (Fsp3) is 0.583. The molecule has 0 bridgehead atoms. The molecule has 1 aliphatic heterocycles. The highest BCUT2D eigenvalue weighted by Crippen LogP contribution is 2.25. The molecule has 0 atom stereocenters.